The lowest BCUT2D eigenvalue weighted by Gasteiger charge is -2.06. The first-order valence-electron chi connectivity index (χ1n) is 6.98. The Kier molecular flexibility index (Phi) is 7.60. The number of nitrogens with zero attached hydrogens (tertiary/aromatic N) is 1. The van der Waals surface area contributed by atoms with Crippen molar-refractivity contribution in [1.29, 1.82) is 0 Å². The van der Waals surface area contributed by atoms with Crippen LogP contribution in [0.15, 0.2) is 29.4 Å². The van der Waals surface area contributed by atoms with Gasteiger partial charge in [0.2, 0.25) is 12.1 Å². The molecular weight excluding hydrogens is 289 g/mol. The minimum absolute atomic E-state index is 0.254. The third kappa shape index (κ3) is 6.83. The maximum atomic E-state index is 12.8. The van der Waals surface area contributed by atoms with Gasteiger partial charge in [-0.3, -0.25) is 4.79 Å². The van der Waals surface area contributed by atoms with Crippen molar-refractivity contribution in [2.75, 3.05) is 6.54 Å². The number of benzene rings is 1. The van der Waals surface area contributed by atoms with Crippen LogP contribution in [-0.4, -0.2) is 35.9 Å². The Hall–Kier alpha value is -2.44. The molecule has 0 saturated carbocycles. The second kappa shape index (κ2) is 9.49. The minimum atomic E-state index is -2.06. The first kappa shape index (κ1) is 17.6. The third-order valence-corrected chi connectivity index (χ3v) is 3.07. The average Bonchev–Trinajstić information content (AvgIpc) is 2.51. The second-order valence-electron chi connectivity index (χ2n) is 4.84. The van der Waals surface area contributed by atoms with Gasteiger partial charge in [0.25, 0.3) is 0 Å². The van der Waals surface area contributed by atoms with Crippen molar-refractivity contribution in [3.05, 3.63) is 35.4 Å². The number of aryl methyl sites for hydroxylation is 1. The number of hydrogen-bond acceptors (Lipinski definition) is 4. The van der Waals surface area contributed by atoms with Crippen LogP contribution < -0.4 is 11.2 Å². The monoisotopic (exact) mass is 309 g/mol. The van der Waals surface area contributed by atoms with Gasteiger partial charge in [0.1, 0.15) is 0 Å². The van der Waals surface area contributed by atoms with E-state index < -0.39 is 18.7 Å². The summed E-state index contributed by atoms with van der Waals surface area (Å²) in [5.41, 5.74) is 2.06. The molecule has 0 aromatic heterocycles. The molecule has 120 valence electrons. The van der Waals surface area contributed by atoms with E-state index in [1.54, 1.807) is 6.21 Å². The van der Waals surface area contributed by atoms with Crippen LogP contribution in [0.5, 0.6) is 0 Å². The molecule has 0 heterocycles. The van der Waals surface area contributed by atoms with Crippen molar-refractivity contribution in [3.63, 3.8) is 0 Å². The predicted molar refractivity (Wildman–Crippen MR) is 81.3 cm³/mol. The summed E-state index contributed by atoms with van der Waals surface area (Å²) in [6.45, 7) is -0.488. The summed E-state index contributed by atoms with van der Waals surface area (Å²) < 4.78 is 12.8. The Labute approximate surface area is 128 Å². The summed E-state index contributed by atoms with van der Waals surface area (Å²) >= 11 is 0. The summed E-state index contributed by atoms with van der Waals surface area (Å²) in [5.74, 6) is 3.16. The number of carbonyl (C=O) groups is 2. The lowest BCUT2D eigenvalue weighted by atomic mass is 10.1. The molecule has 1 aromatic carbocycles. The molecule has 0 aliphatic rings. The highest BCUT2D eigenvalue weighted by Crippen LogP contribution is 2.08. The summed E-state index contributed by atoms with van der Waals surface area (Å²) in [6.07, 6.45) is 2.05. The Morgan fingerprint density at radius 3 is 2.59 bits per heavy atom. The smallest absolute Gasteiger partial charge is 0.340 e. The molecule has 0 aliphatic heterocycles. The molecule has 1 atom stereocenters. The summed E-state index contributed by atoms with van der Waals surface area (Å²) in [7, 11) is 0. The lowest BCUT2D eigenvalue weighted by molar-refractivity contribution is -0.142. The van der Waals surface area contributed by atoms with Crippen molar-refractivity contribution in [2.24, 2.45) is 10.9 Å². The summed E-state index contributed by atoms with van der Waals surface area (Å²) in [4.78, 5) is 21.7. The number of hydrazone groups is 1. The summed E-state index contributed by atoms with van der Waals surface area (Å²) in [6, 6.07) is 7.76. The zero-order valence-corrected chi connectivity index (χ0v) is 12.2. The largest absolute Gasteiger partial charge is 0.479 e. The molecule has 0 bridgehead atoms. The van der Waals surface area contributed by atoms with Crippen molar-refractivity contribution in [2.45, 2.75) is 31.9 Å². The number of hydrogen-bond donors (Lipinski definition) is 3. The van der Waals surface area contributed by atoms with E-state index in [-0.39, 0.29) is 12.3 Å². The topological polar surface area (TPSA) is 105 Å². The fourth-order valence-electron chi connectivity index (χ4n) is 1.85. The number of carbonyl (C=O) groups excluding carboxylic acids is 1. The van der Waals surface area contributed by atoms with Gasteiger partial charge in [0.05, 0.1) is 12.8 Å². The van der Waals surface area contributed by atoms with Gasteiger partial charge < -0.3 is 16.3 Å². The van der Waals surface area contributed by atoms with Gasteiger partial charge in [-0.2, -0.15) is 5.10 Å². The van der Waals surface area contributed by atoms with Gasteiger partial charge in [-0.25, -0.2) is 9.18 Å². The Bertz CT molecular complexity index is 517. The molecule has 0 fully saturated rings. The van der Waals surface area contributed by atoms with Crippen molar-refractivity contribution in [1.82, 2.24) is 5.32 Å². The molecular formula is C15H20FN3O3. The normalized spacial score (nSPS) is 12.2. The Balaban J connectivity index is 2.19. The zero-order valence-electron chi connectivity index (χ0n) is 12.2. The lowest BCUT2D eigenvalue weighted by Crippen LogP contribution is -2.33. The van der Waals surface area contributed by atoms with E-state index in [1.807, 2.05) is 24.3 Å². The van der Waals surface area contributed by atoms with Crippen LogP contribution in [0, 0.1) is 0 Å². The van der Waals surface area contributed by atoms with Crippen LogP contribution in [0.4, 0.5) is 4.39 Å². The number of nitrogens with one attached hydrogen (secondary N) is 1. The number of nitrogens with two attached hydrogens (primary N) is 1. The molecule has 1 amide bonds. The summed E-state index contributed by atoms with van der Waals surface area (Å²) in [5, 5.41) is 14.0. The van der Waals surface area contributed by atoms with E-state index >= 15 is 0 Å². The highest BCUT2D eigenvalue weighted by molar-refractivity contribution is 5.79. The van der Waals surface area contributed by atoms with Crippen molar-refractivity contribution >= 4 is 18.1 Å². The second-order valence-corrected chi connectivity index (χ2v) is 4.84. The number of unbranched alkanes of at least 4 members (excludes halogenated alkanes) is 1. The molecule has 1 unspecified atom stereocenters. The average molecular weight is 309 g/mol. The van der Waals surface area contributed by atoms with E-state index in [0.717, 1.165) is 24.0 Å². The van der Waals surface area contributed by atoms with Gasteiger partial charge in [0.15, 0.2) is 0 Å². The van der Waals surface area contributed by atoms with E-state index in [2.05, 4.69) is 10.4 Å². The standard InChI is InChI=1S/C15H20FN3O3/c16-13(15(21)22)10-18-14(20)4-2-1-3-11-5-7-12(8-6-11)9-19-17/h5-9,13H,1-4,10,17H2,(H,18,20)(H,21,22). The maximum absolute atomic E-state index is 12.8. The van der Waals surface area contributed by atoms with Crippen LogP contribution in [0.2, 0.25) is 0 Å². The number of rotatable bonds is 9. The number of carboxylic acid groups (broad SMARTS) is 1. The highest BCUT2D eigenvalue weighted by Gasteiger charge is 2.16. The van der Waals surface area contributed by atoms with Crippen molar-refractivity contribution in [3.8, 4) is 0 Å². The molecule has 1 rings (SSSR count). The fourth-order valence-corrected chi connectivity index (χ4v) is 1.85. The third-order valence-electron chi connectivity index (χ3n) is 3.07. The molecule has 0 spiro atoms. The number of amides is 1. The number of halogens is 1. The maximum Gasteiger partial charge on any atom is 0.340 e. The fraction of sp³-hybridized carbons (Fsp3) is 0.400. The van der Waals surface area contributed by atoms with Crippen LogP contribution in [0.25, 0.3) is 0 Å². The quantitative estimate of drug-likeness (QED) is 0.276. The molecule has 4 N–H and O–H groups in total. The predicted octanol–water partition coefficient (Wildman–Crippen LogP) is 1.23. The van der Waals surface area contributed by atoms with Gasteiger partial charge in [-0.15, -0.1) is 0 Å². The minimum Gasteiger partial charge on any atom is -0.479 e. The molecule has 6 nitrogen and oxygen atoms in total. The van der Waals surface area contributed by atoms with Crippen LogP contribution in [-0.2, 0) is 16.0 Å². The van der Waals surface area contributed by atoms with Crippen LogP contribution in [0.1, 0.15) is 30.4 Å². The van der Waals surface area contributed by atoms with Gasteiger partial charge in [0, 0.05) is 6.42 Å². The number of aliphatic carboxylic acids is 1. The van der Waals surface area contributed by atoms with Gasteiger partial charge in [-0.1, -0.05) is 24.3 Å². The number of carboxylic acids is 1. The van der Waals surface area contributed by atoms with Crippen LogP contribution >= 0.6 is 0 Å². The first-order chi connectivity index (χ1) is 10.5. The van der Waals surface area contributed by atoms with Gasteiger partial charge >= 0.3 is 5.97 Å². The Morgan fingerprint density at radius 2 is 2.00 bits per heavy atom. The molecule has 0 saturated heterocycles. The Morgan fingerprint density at radius 1 is 1.32 bits per heavy atom. The molecule has 0 radical (unpaired) electrons. The number of alkyl halides is 1. The molecule has 22 heavy (non-hydrogen) atoms. The van der Waals surface area contributed by atoms with E-state index in [1.165, 1.54) is 0 Å². The molecule has 1 aromatic rings. The first-order valence-corrected chi connectivity index (χ1v) is 6.98. The van der Waals surface area contributed by atoms with Gasteiger partial charge in [-0.05, 0) is 30.4 Å². The van der Waals surface area contributed by atoms with Crippen molar-refractivity contribution < 1.29 is 19.1 Å². The van der Waals surface area contributed by atoms with Crippen LogP contribution in [0.3, 0.4) is 0 Å². The molecule has 7 heteroatoms. The molecule has 0 aliphatic carbocycles. The van der Waals surface area contributed by atoms with E-state index in [0.29, 0.717) is 6.42 Å². The van der Waals surface area contributed by atoms with E-state index in [4.69, 9.17) is 10.9 Å². The highest BCUT2D eigenvalue weighted by atomic mass is 19.1. The van der Waals surface area contributed by atoms with E-state index in [9.17, 15) is 14.0 Å². The SMILES string of the molecule is NN=Cc1ccc(CCCCC(=O)NCC(F)C(=O)O)cc1. The zero-order chi connectivity index (χ0) is 16.4.